The molecule has 56 valence electrons. The normalized spacial score (nSPS) is 13.4. The van der Waals surface area contributed by atoms with E-state index < -0.39 is 0 Å². The summed E-state index contributed by atoms with van der Waals surface area (Å²) in [5.74, 6) is 0.675. The molecule has 10 heavy (non-hydrogen) atoms. The van der Waals surface area contributed by atoms with Crippen LogP contribution >= 0.6 is 15.9 Å². The summed E-state index contributed by atoms with van der Waals surface area (Å²) in [6, 6.07) is 0. The third-order valence-corrected chi connectivity index (χ3v) is 2.45. The standard InChI is InChI=1S/C7H11BrN2/c1-7(4-8)5-10-3-2-9-6-10/h2-3,6-7H,4-5H2,1H3. The lowest BCUT2D eigenvalue weighted by Gasteiger charge is -2.06. The average molecular weight is 203 g/mol. The van der Waals surface area contributed by atoms with Gasteiger partial charge in [0.1, 0.15) is 0 Å². The minimum Gasteiger partial charge on any atom is -0.337 e. The highest BCUT2D eigenvalue weighted by atomic mass is 79.9. The summed E-state index contributed by atoms with van der Waals surface area (Å²) >= 11 is 3.43. The average Bonchev–Trinajstić information content (AvgIpc) is 2.40. The van der Waals surface area contributed by atoms with Crippen molar-refractivity contribution in [3.05, 3.63) is 18.7 Å². The number of halogens is 1. The van der Waals surface area contributed by atoms with Gasteiger partial charge in [0, 0.05) is 24.3 Å². The van der Waals surface area contributed by atoms with Crippen LogP contribution in [0.4, 0.5) is 0 Å². The predicted molar refractivity (Wildman–Crippen MR) is 45.2 cm³/mol. The molecule has 0 aliphatic carbocycles. The van der Waals surface area contributed by atoms with Crippen molar-refractivity contribution < 1.29 is 0 Å². The van der Waals surface area contributed by atoms with Crippen molar-refractivity contribution in [1.29, 1.82) is 0 Å². The Bertz CT molecular complexity index is 172. The molecule has 0 spiro atoms. The molecule has 0 saturated carbocycles. The second-order valence-electron chi connectivity index (χ2n) is 2.52. The first kappa shape index (κ1) is 7.79. The molecule has 1 rings (SSSR count). The maximum absolute atomic E-state index is 3.96. The maximum Gasteiger partial charge on any atom is 0.0945 e. The first-order valence-electron chi connectivity index (χ1n) is 3.34. The van der Waals surface area contributed by atoms with Crippen LogP contribution in [-0.2, 0) is 6.54 Å². The molecule has 0 amide bonds. The van der Waals surface area contributed by atoms with Crippen molar-refractivity contribution in [2.45, 2.75) is 13.5 Å². The zero-order valence-electron chi connectivity index (χ0n) is 6.00. The summed E-state index contributed by atoms with van der Waals surface area (Å²) in [4.78, 5) is 3.96. The summed E-state index contributed by atoms with van der Waals surface area (Å²) in [6.07, 6.45) is 5.64. The molecule has 1 aromatic heterocycles. The summed E-state index contributed by atoms with van der Waals surface area (Å²) in [7, 11) is 0. The molecular formula is C7H11BrN2. The second-order valence-corrected chi connectivity index (χ2v) is 3.17. The molecule has 0 aliphatic rings. The molecule has 3 heteroatoms. The van der Waals surface area contributed by atoms with Gasteiger partial charge in [-0.1, -0.05) is 22.9 Å². The SMILES string of the molecule is CC(CBr)Cn1ccnc1. The van der Waals surface area contributed by atoms with E-state index in [-0.39, 0.29) is 0 Å². The minimum absolute atomic E-state index is 0.675. The number of hydrogen-bond donors (Lipinski definition) is 0. The van der Waals surface area contributed by atoms with E-state index in [1.807, 2.05) is 12.5 Å². The highest BCUT2D eigenvalue weighted by Gasteiger charge is 1.98. The van der Waals surface area contributed by atoms with E-state index in [0.29, 0.717) is 5.92 Å². The lowest BCUT2D eigenvalue weighted by molar-refractivity contribution is 0.533. The van der Waals surface area contributed by atoms with Gasteiger partial charge in [-0.25, -0.2) is 4.98 Å². The van der Waals surface area contributed by atoms with Gasteiger partial charge in [0.05, 0.1) is 6.33 Å². The molecule has 0 radical (unpaired) electrons. The lowest BCUT2D eigenvalue weighted by atomic mass is 10.2. The third kappa shape index (κ3) is 2.14. The van der Waals surface area contributed by atoms with Crippen LogP contribution in [0.2, 0.25) is 0 Å². The first-order chi connectivity index (χ1) is 4.83. The van der Waals surface area contributed by atoms with E-state index in [0.717, 1.165) is 11.9 Å². The molecule has 1 aromatic rings. The van der Waals surface area contributed by atoms with Crippen molar-refractivity contribution in [3.8, 4) is 0 Å². The van der Waals surface area contributed by atoms with Crippen molar-refractivity contribution in [2.75, 3.05) is 5.33 Å². The van der Waals surface area contributed by atoms with Crippen LogP contribution in [0.1, 0.15) is 6.92 Å². The van der Waals surface area contributed by atoms with E-state index in [9.17, 15) is 0 Å². The number of imidazole rings is 1. The molecule has 1 unspecified atom stereocenters. The van der Waals surface area contributed by atoms with Crippen LogP contribution in [0.25, 0.3) is 0 Å². The van der Waals surface area contributed by atoms with Crippen LogP contribution < -0.4 is 0 Å². The van der Waals surface area contributed by atoms with Crippen molar-refractivity contribution >= 4 is 15.9 Å². The largest absolute Gasteiger partial charge is 0.337 e. The van der Waals surface area contributed by atoms with E-state index in [4.69, 9.17) is 0 Å². The fraction of sp³-hybridized carbons (Fsp3) is 0.571. The highest BCUT2D eigenvalue weighted by Crippen LogP contribution is 2.02. The Kier molecular flexibility index (Phi) is 2.93. The smallest absolute Gasteiger partial charge is 0.0945 e. The van der Waals surface area contributed by atoms with E-state index in [1.54, 1.807) is 6.20 Å². The van der Waals surface area contributed by atoms with Gasteiger partial charge in [-0.3, -0.25) is 0 Å². The highest BCUT2D eigenvalue weighted by molar-refractivity contribution is 9.09. The Morgan fingerprint density at radius 2 is 2.50 bits per heavy atom. The summed E-state index contributed by atoms with van der Waals surface area (Å²) in [5, 5.41) is 1.05. The fourth-order valence-electron chi connectivity index (χ4n) is 0.803. The Morgan fingerprint density at radius 3 is 3.00 bits per heavy atom. The van der Waals surface area contributed by atoms with Gasteiger partial charge in [0.15, 0.2) is 0 Å². The van der Waals surface area contributed by atoms with Crippen molar-refractivity contribution in [1.82, 2.24) is 9.55 Å². The third-order valence-electron chi connectivity index (χ3n) is 1.35. The van der Waals surface area contributed by atoms with Crippen LogP contribution in [0, 0.1) is 5.92 Å². The minimum atomic E-state index is 0.675. The molecule has 0 N–H and O–H groups in total. The Hall–Kier alpha value is -0.310. The Balaban J connectivity index is 2.40. The zero-order valence-corrected chi connectivity index (χ0v) is 7.58. The van der Waals surface area contributed by atoms with Crippen molar-refractivity contribution in [2.24, 2.45) is 5.92 Å². The number of rotatable bonds is 3. The maximum atomic E-state index is 3.96. The zero-order chi connectivity index (χ0) is 7.40. The topological polar surface area (TPSA) is 17.8 Å². The van der Waals surface area contributed by atoms with Gasteiger partial charge in [0.2, 0.25) is 0 Å². The number of aromatic nitrogens is 2. The molecule has 2 nitrogen and oxygen atoms in total. The fourth-order valence-corrected chi connectivity index (χ4v) is 1.01. The molecule has 0 saturated heterocycles. The van der Waals surface area contributed by atoms with Gasteiger partial charge in [0.25, 0.3) is 0 Å². The second kappa shape index (κ2) is 3.76. The Morgan fingerprint density at radius 1 is 1.70 bits per heavy atom. The van der Waals surface area contributed by atoms with Gasteiger partial charge < -0.3 is 4.57 Å². The quantitative estimate of drug-likeness (QED) is 0.686. The predicted octanol–water partition coefficient (Wildman–Crippen LogP) is 1.91. The molecule has 0 aromatic carbocycles. The van der Waals surface area contributed by atoms with Crippen LogP contribution in [0.5, 0.6) is 0 Å². The summed E-state index contributed by atoms with van der Waals surface area (Å²) < 4.78 is 2.09. The van der Waals surface area contributed by atoms with Gasteiger partial charge in [-0.05, 0) is 5.92 Å². The number of nitrogens with zero attached hydrogens (tertiary/aromatic N) is 2. The van der Waals surface area contributed by atoms with Crippen LogP contribution in [0.15, 0.2) is 18.7 Å². The number of hydrogen-bond acceptors (Lipinski definition) is 1. The van der Waals surface area contributed by atoms with E-state index in [2.05, 4.69) is 32.4 Å². The molecule has 1 atom stereocenters. The molecule has 0 bridgehead atoms. The van der Waals surface area contributed by atoms with Gasteiger partial charge in [-0.2, -0.15) is 0 Å². The van der Waals surface area contributed by atoms with Gasteiger partial charge in [-0.15, -0.1) is 0 Å². The molecule has 1 heterocycles. The molecular weight excluding hydrogens is 192 g/mol. The Labute approximate surface area is 69.4 Å². The van der Waals surface area contributed by atoms with E-state index >= 15 is 0 Å². The lowest BCUT2D eigenvalue weighted by Crippen LogP contribution is -2.06. The molecule has 0 fully saturated rings. The molecule has 0 aliphatic heterocycles. The summed E-state index contributed by atoms with van der Waals surface area (Å²) in [5.41, 5.74) is 0. The van der Waals surface area contributed by atoms with Crippen LogP contribution in [-0.4, -0.2) is 14.9 Å². The first-order valence-corrected chi connectivity index (χ1v) is 4.46. The summed E-state index contributed by atoms with van der Waals surface area (Å²) in [6.45, 7) is 3.25. The van der Waals surface area contributed by atoms with Crippen LogP contribution in [0.3, 0.4) is 0 Å². The number of alkyl halides is 1. The van der Waals surface area contributed by atoms with Crippen molar-refractivity contribution in [3.63, 3.8) is 0 Å². The monoisotopic (exact) mass is 202 g/mol. The van der Waals surface area contributed by atoms with Gasteiger partial charge >= 0.3 is 0 Å². The van der Waals surface area contributed by atoms with E-state index in [1.165, 1.54) is 0 Å².